The van der Waals surface area contributed by atoms with E-state index in [1.807, 2.05) is 13.0 Å². The van der Waals surface area contributed by atoms with Crippen molar-refractivity contribution < 1.29 is 9.47 Å². The zero-order chi connectivity index (χ0) is 14.0. The standard InChI is InChI=1S/C14H17BrCl2O2/c1-3-18-12-8-10(16)9(7-11(12)17)13(15)14(2)5-4-6-19-14/h7-8,13H,3-6H2,1-2H3. The van der Waals surface area contributed by atoms with E-state index in [0.29, 0.717) is 22.4 Å². The molecule has 2 atom stereocenters. The Kier molecular flexibility index (Phi) is 5.04. The molecule has 1 aliphatic rings. The minimum absolute atomic E-state index is 0.0168. The molecule has 1 saturated heterocycles. The Balaban J connectivity index is 2.32. The van der Waals surface area contributed by atoms with Crippen molar-refractivity contribution in [3.8, 4) is 5.75 Å². The molecule has 0 aliphatic carbocycles. The smallest absolute Gasteiger partial charge is 0.139 e. The van der Waals surface area contributed by atoms with Crippen LogP contribution in [0.2, 0.25) is 10.0 Å². The van der Waals surface area contributed by atoms with Gasteiger partial charge in [0.2, 0.25) is 0 Å². The first-order valence-corrected chi connectivity index (χ1v) is 8.05. The molecule has 1 aliphatic heterocycles. The second-order valence-electron chi connectivity index (χ2n) is 4.86. The van der Waals surface area contributed by atoms with Crippen molar-refractivity contribution in [2.45, 2.75) is 37.1 Å². The fourth-order valence-corrected chi connectivity index (χ4v) is 3.69. The van der Waals surface area contributed by atoms with Crippen LogP contribution in [-0.4, -0.2) is 18.8 Å². The molecule has 1 aromatic carbocycles. The highest BCUT2D eigenvalue weighted by Gasteiger charge is 2.39. The molecule has 0 radical (unpaired) electrons. The van der Waals surface area contributed by atoms with Gasteiger partial charge in [-0.1, -0.05) is 39.1 Å². The maximum atomic E-state index is 6.35. The second kappa shape index (κ2) is 6.21. The molecule has 0 aromatic heterocycles. The Morgan fingerprint density at radius 2 is 2.16 bits per heavy atom. The van der Waals surface area contributed by atoms with Gasteiger partial charge in [0.1, 0.15) is 5.75 Å². The van der Waals surface area contributed by atoms with E-state index in [0.717, 1.165) is 25.0 Å². The zero-order valence-corrected chi connectivity index (χ0v) is 14.1. The lowest BCUT2D eigenvalue weighted by Crippen LogP contribution is -2.28. The van der Waals surface area contributed by atoms with Gasteiger partial charge in [0.25, 0.3) is 0 Å². The number of hydrogen-bond donors (Lipinski definition) is 0. The van der Waals surface area contributed by atoms with Gasteiger partial charge in [-0.05, 0) is 38.3 Å². The fraction of sp³-hybridized carbons (Fsp3) is 0.571. The van der Waals surface area contributed by atoms with Crippen LogP contribution in [0, 0.1) is 0 Å². The van der Waals surface area contributed by atoms with Gasteiger partial charge >= 0.3 is 0 Å². The van der Waals surface area contributed by atoms with Crippen molar-refractivity contribution >= 4 is 39.1 Å². The minimum Gasteiger partial charge on any atom is -0.492 e. The Morgan fingerprint density at radius 1 is 1.42 bits per heavy atom. The number of rotatable bonds is 4. The van der Waals surface area contributed by atoms with Crippen LogP contribution in [0.15, 0.2) is 12.1 Å². The van der Waals surface area contributed by atoms with E-state index in [1.165, 1.54) is 0 Å². The molecule has 1 aromatic rings. The quantitative estimate of drug-likeness (QED) is 0.663. The third kappa shape index (κ3) is 3.21. The van der Waals surface area contributed by atoms with Gasteiger partial charge in [-0.3, -0.25) is 0 Å². The summed E-state index contributed by atoms with van der Waals surface area (Å²) in [6.07, 6.45) is 2.07. The summed E-state index contributed by atoms with van der Waals surface area (Å²) in [5.74, 6) is 0.620. The number of benzene rings is 1. The summed E-state index contributed by atoms with van der Waals surface area (Å²) in [5.41, 5.74) is 0.708. The van der Waals surface area contributed by atoms with E-state index < -0.39 is 0 Å². The lowest BCUT2D eigenvalue weighted by Gasteiger charge is -2.30. The highest BCUT2D eigenvalue weighted by Crippen LogP contribution is 2.47. The molecule has 2 rings (SSSR count). The predicted molar refractivity (Wildman–Crippen MR) is 82.9 cm³/mol. The molecule has 5 heteroatoms. The molecule has 0 N–H and O–H groups in total. The molecule has 19 heavy (non-hydrogen) atoms. The van der Waals surface area contributed by atoms with Gasteiger partial charge in [0.15, 0.2) is 0 Å². The van der Waals surface area contributed by atoms with E-state index in [1.54, 1.807) is 6.07 Å². The van der Waals surface area contributed by atoms with Crippen LogP contribution >= 0.6 is 39.1 Å². The second-order valence-corrected chi connectivity index (χ2v) is 6.59. The van der Waals surface area contributed by atoms with Gasteiger partial charge in [-0.2, -0.15) is 0 Å². The molecule has 1 heterocycles. The van der Waals surface area contributed by atoms with Crippen LogP contribution in [-0.2, 0) is 4.74 Å². The summed E-state index contributed by atoms with van der Waals surface area (Å²) in [6, 6.07) is 3.64. The average Bonchev–Trinajstić information content (AvgIpc) is 2.81. The first-order chi connectivity index (χ1) is 8.98. The molecule has 0 spiro atoms. The zero-order valence-electron chi connectivity index (χ0n) is 11.0. The van der Waals surface area contributed by atoms with Crippen molar-refractivity contribution in [3.05, 3.63) is 27.7 Å². The first-order valence-electron chi connectivity index (χ1n) is 6.37. The first kappa shape index (κ1) is 15.4. The van der Waals surface area contributed by atoms with Crippen molar-refractivity contribution in [1.82, 2.24) is 0 Å². The summed E-state index contributed by atoms with van der Waals surface area (Å²) >= 11 is 16.3. The molecule has 0 amide bonds. The van der Waals surface area contributed by atoms with E-state index in [9.17, 15) is 0 Å². The van der Waals surface area contributed by atoms with Gasteiger partial charge in [-0.15, -0.1) is 0 Å². The minimum atomic E-state index is -0.236. The highest BCUT2D eigenvalue weighted by molar-refractivity contribution is 9.09. The Labute approximate surface area is 132 Å². The van der Waals surface area contributed by atoms with Crippen molar-refractivity contribution in [1.29, 1.82) is 0 Å². The molecular weight excluding hydrogens is 351 g/mol. The van der Waals surface area contributed by atoms with Crippen LogP contribution in [0.1, 0.15) is 37.1 Å². The molecular formula is C14H17BrCl2O2. The summed E-state index contributed by atoms with van der Waals surface area (Å²) < 4.78 is 11.3. The van der Waals surface area contributed by atoms with Gasteiger partial charge in [0, 0.05) is 17.7 Å². The van der Waals surface area contributed by atoms with Crippen LogP contribution in [0.3, 0.4) is 0 Å². The van der Waals surface area contributed by atoms with E-state index in [-0.39, 0.29) is 10.4 Å². The molecule has 2 nitrogen and oxygen atoms in total. The van der Waals surface area contributed by atoms with Gasteiger partial charge < -0.3 is 9.47 Å². The topological polar surface area (TPSA) is 18.5 Å². The average molecular weight is 368 g/mol. The maximum absolute atomic E-state index is 6.35. The summed E-state index contributed by atoms with van der Waals surface area (Å²) in [5, 5.41) is 1.22. The number of halogens is 3. The van der Waals surface area contributed by atoms with Crippen molar-refractivity contribution in [3.63, 3.8) is 0 Å². The SMILES string of the molecule is CCOc1cc(Cl)c(C(Br)C2(C)CCCO2)cc1Cl. The summed E-state index contributed by atoms with van der Waals surface area (Å²) in [4.78, 5) is 0.0168. The van der Waals surface area contributed by atoms with E-state index >= 15 is 0 Å². The molecule has 2 unspecified atom stereocenters. The monoisotopic (exact) mass is 366 g/mol. The van der Waals surface area contributed by atoms with Crippen LogP contribution in [0.5, 0.6) is 5.75 Å². The summed E-state index contributed by atoms with van der Waals surface area (Å²) in [7, 11) is 0. The maximum Gasteiger partial charge on any atom is 0.139 e. The predicted octanol–water partition coefficient (Wildman–Crippen LogP) is 5.40. The number of hydrogen-bond acceptors (Lipinski definition) is 2. The Hall–Kier alpha value is 0.0400. The molecule has 106 valence electrons. The van der Waals surface area contributed by atoms with E-state index in [4.69, 9.17) is 32.7 Å². The third-order valence-electron chi connectivity index (χ3n) is 3.41. The lowest BCUT2D eigenvalue weighted by molar-refractivity contribution is 0.0197. The number of ether oxygens (including phenoxy) is 2. The Bertz CT molecular complexity index is 459. The highest BCUT2D eigenvalue weighted by atomic mass is 79.9. The van der Waals surface area contributed by atoms with Gasteiger partial charge in [-0.25, -0.2) is 0 Å². The lowest BCUT2D eigenvalue weighted by atomic mass is 9.93. The fourth-order valence-electron chi connectivity index (χ4n) is 2.33. The third-order valence-corrected chi connectivity index (χ3v) is 5.49. The summed E-state index contributed by atoms with van der Waals surface area (Å²) in [6.45, 7) is 5.37. The molecule has 0 bridgehead atoms. The largest absolute Gasteiger partial charge is 0.492 e. The van der Waals surface area contributed by atoms with Crippen LogP contribution in [0.25, 0.3) is 0 Å². The van der Waals surface area contributed by atoms with Gasteiger partial charge in [0.05, 0.1) is 22.1 Å². The van der Waals surface area contributed by atoms with Crippen LogP contribution < -0.4 is 4.74 Å². The van der Waals surface area contributed by atoms with Crippen molar-refractivity contribution in [2.75, 3.05) is 13.2 Å². The normalized spacial score (nSPS) is 24.5. The van der Waals surface area contributed by atoms with Crippen molar-refractivity contribution in [2.24, 2.45) is 0 Å². The molecule has 0 saturated carbocycles. The van der Waals surface area contributed by atoms with Crippen LogP contribution in [0.4, 0.5) is 0 Å². The number of alkyl halides is 1. The Morgan fingerprint density at radius 3 is 2.74 bits per heavy atom. The van der Waals surface area contributed by atoms with E-state index in [2.05, 4.69) is 22.9 Å². The molecule has 1 fully saturated rings.